The van der Waals surface area contributed by atoms with Gasteiger partial charge in [0.2, 0.25) is 0 Å². The van der Waals surface area contributed by atoms with Crippen molar-refractivity contribution >= 4 is 71.6 Å². The van der Waals surface area contributed by atoms with Gasteiger partial charge in [0, 0.05) is 39.3 Å². The molecule has 0 spiro atoms. The van der Waals surface area contributed by atoms with Gasteiger partial charge in [-0.1, -0.05) is 121 Å². The van der Waals surface area contributed by atoms with Crippen LogP contribution in [0.5, 0.6) is 0 Å². The Hall–Kier alpha value is -7.50. The molecule has 0 amide bonds. The Morgan fingerprint density at radius 2 is 1.00 bits per heavy atom. The summed E-state index contributed by atoms with van der Waals surface area (Å²) >= 11 is 0. The summed E-state index contributed by atoms with van der Waals surface area (Å²) in [4.78, 5) is 4.09. The molecule has 55 heavy (non-hydrogen) atoms. The molecule has 9 aromatic carbocycles. The van der Waals surface area contributed by atoms with Crippen LogP contribution < -0.4 is 4.90 Å². The average molecular weight is 705 g/mol. The fourth-order valence-corrected chi connectivity index (χ4v) is 7.96. The minimum Gasteiger partial charge on any atom is -0.456 e. The highest BCUT2D eigenvalue weighted by molar-refractivity contribution is 6.19. The van der Waals surface area contributed by atoms with Gasteiger partial charge in [-0.3, -0.25) is 0 Å². The first-order chi connectivity index (χ1) is 27.2. The van der Waals surface area contributed by atoms with E-state index in [-0.39, 0.29) is 0 Å². The smallest absolute Gasteiger partial charge is 0.137 e. The van der Waals surface area contributed by atoms with Gasteiger partial charge in [0.15, 0.2) is 0 Å². The number of anilines is 3. The Morgan fingerprint density at radius 3 is 1.76 bits per heavy atom. The number of para-hydroxylation sites is 2. The highest BCUT2D eigenvalue weighted by atomic mass is 16.3. The van der Waals surface area contributed by atoms with E-state index in [1.807, 2.05) is 42.5 Å². The molecule has 0 aliphatic carbocycles. The van der Waals surface area contributed by atoms with Crippen molar-refractivity contribution in [1.82, 2.24) is 15.0 Å². The maximum absolute atomic E-state index is 6.47. The highest BCUT2D eigenvalue weighted by Gasteiger charge is 2.20. The Bertz CT molecular complexity index is 3150. The fraction of sp³-hybridized carbons (Fsp3) is 0. The lowest BCUT2D eigenvalue weighted by molar-refractivity contribution is 0.669. The van der Waals surface area contributed by atoms with Crippen molar-refractivity contribution in [3.05, 3.63) is 194 Å². The molecule has 0 radical (unpaired) electrons. The maximum atomic E-state index is 6.47. The van der Waals surface area contributed by atoms with Crippen molar-refractivity contribution in [3.63, 3.8) is 0 Å². The number of nitrogens with zero attached hydrogens (tertiary/aromatic N) is 4. The van der Waals surface area contributed by atoms with Crippen LogP contribution >= 0.6 is 0 Å². The molecule has 5 nitrogen and oxygen atoms in total. The van der Waals surface area contributed by atoms with Gasteiger partial charge in [0.05, 0.1) is 5.69 Å². The van der Waals surface area contributed by atoms with Crippen molar-refractivity contribution < 1.29 is 4.42 Å². The number of fused-ring (bicyclic) bond motifs is 8. The molecule has 11 aromatic rings. The normalized spacial score (nSPS) is 11.6. The lowest BCUT2D eigenvalue weighted by atomic mass is 9.96. The Balaban J connectivity index is 1.18. The third-order valence-electron chi connectivity index (χ3n) is 10.6. The molecule has 0 unspecified atom stereocenters. The molecule has 0 saturated heterocycles. The van der Waals surface area contributed by atoms with E-state index in [1.165, 1.54) is 0 Å². The van der Waals surface area contributed by atoms with Gasteiger partial charge >= 0.3 is 0 Å². The zero-order valence-corrected chi connectivity index (χ0v) is 29.7. The number of hydrogen-bond acceptors (Lipinski definition) is 4. The third kappa shape index (κ3) is 5.33. The molecule has 0 bridgehead atoms. The van der Waals surface area contributed by atoms with Crippen LogP contribution in [-0.4, -0.2) is 15.0 Å². The van der Waals surface area contributed by atoms with Crippen molar-refractivity contribution in [2.24, 2.45) is 0 Å². The van der Waals surface area contributed by atoms with Crippen molar-refractivity contribution in [2.75, 3.05) is 4.90 Å². The van der Waals surface area contributed by atoms with Gasteiger partial charge in [-0.05, 0) is 105 Å². The number of furan rings is 1. The van der Waals surface area contributed by atoms with Gasteiger partial charge in [-0.2, -0.15) is 4.80 Å². The van der Waals surface area contributed by atoms with E-state index in [1.54, 1.807) is 4.80 Å². The van der Waals surface area contributed by atoms with E-state index < -0.39 is 0 Å². The van der Waals surface area contributed by atoms with E-state index in [2.05, 4.69) is 157 Å². The first kappa shape index (κ1) is 31.1. The summed E-state index contributed by atoms with van der Waals surface area (Å²) in [7, 11) is 0. The summed E-state index contributed by atoms with van der Waals surface area (Å²) < 4.78 is 6.47. The lowest BCUT2D eigenvalue weighted by Gasteiger charge is -2.27. The van der Waals surface area contributed by atoms with E-state index >= 15 is 0 Å². The fourth-order valence-electron chi connectivity index (χ4n) is 7.96. The summed E-state index contributed by atoms with van der Waals surface area (Å²) in [6.45, 7) is 0. The molecule has 0 N–H and O–H groups in total. The first-order valence-electron chi connectivity index (χ1n) is 18.5. The second kappa shape index (κ2) is 12.6. The highest BCUT2D eigenvalue weighted by Crippen LogP contribution is 2.43. The van der Waals surface area contributed by atoms with Crippen LogP contribution in [0, 0.1) is 0 Å². The Kier molecular flexibility index (Phi) is 7.10. The summed E-state index contributed by atoms with van der Waals surface area (Å²) in [5.74, 6) is 0. The van der Waals surface area contributed by atoms with Gasteiger partial charge in [-0.15, -0.1) is 10.2 Å². The van der Waals surface area contributed by atoms with E-state index in [0.717, 1.165) is 99.5 Å². The van der Waals surface area contributed by atoms with Crippen LogP contribution in [0.3, 0.4) is 0 Å². The Labute approximate surface area is 316 Å². The summed E-state index contributed by atoms with van der Waals surface area (Å²) in [5.41, 5.74) is 12.0. The molecule has 0 atom stereocenters. The van der Waals surface area contributed by atoms with Gasteiger partial charge in [-0.25, -0.2) is 0 Å². The molecule has 2 heterocycles. The number of rotatable bonds is 6. The molecular weight excluding hydrogens is 673 g/mol. The van der Waals surface area contributed by atoms with E-state index in [4.69, 9.17) is 14.6 Å². The average Bonchev–Trinajstić information content (AvgIpc) is 3.86. The van der Waals surface area contributed by atoms with Gasteiger partial charge < -0.3 is 9.32 Å². The van der Waals surface area contributed by atoms with Gasteiger partial charge in [0.1, 0.15) is 22.2 Å². The molecule has 0 saturated carbocycles. The summed E-state index contributed by atoms with van der Waals surface area (Å²) in [6, 6.07) is 68.3. The number of hydrogen-bond donors (Lipinski definition) is 0. The van der Waals surface area contributed by atoms with Crippen LogP contribution in [0.1, 0.15) is 0 Å². The molecule has 2 aromatic heterocycles. The molecule has 0 aliphatic heterocycles. The van der Waals surface area contributed by atoms with Crippen LogP contribution in [0.2, 0.25) is 0 Å². The predicted octanol–water partition coefficient (Wildman–Crippen LogP) is 13.4. The van der Waals surface area contributed by atoms with Crippen LogP contribution in [0.4, 0.5) is 17.1 Å². The predicted molar refractivity (Wildman–Crippen MR) is 227 cm³/mol. The van der Waals surface area contributed by atoms with Crippen molar-refractivity contribution in [1.29, 1.82) is 0 Å². The van der Waals surface area contributed by atoms with Crippen LogP contribution in [0.25, 0.3) is 82.5 Å². The Morgan fingerprint density at radius 1 is 0.400 bits per heavy atom. The number of benzene rings is 9. The lowest BCUT2D eigenvalue weighted by Crippen LogP contribution is -2.10. The minimum absolute atomic E-state index is 0.844. The van der Waals surface area contributed by atoms with Gasteiger partial charge in [0.25, 0.3) is 0 Å². The van der Waals surface area contributed by atoms with Crippen LogP contribution in [0.15, 0.2) is 199 Å². The molecule has 11 rings (SSSR count). The zero-order valence-electron chi connectivity index (χ0n) is 29.7. The SMILES string of the molecule is c1ccc(-c2cc(-c3ccccc3)cc(N(c3ccc4c(c3)oc3ccccc34)c3ccc4ccc5ccc6nn(-c7ccccc7)nc6c5c4c3)c2)cc1. The first-order valence-corrected chi connectivity index (χ1v) is 18.5. The minimum atomic E-state index is 0.844. The second-order valence-corrected chi connectivity index (χ2v) is 13.9. The largest absolute Gasteiger partial charge is 0.456 e. The topological polar surface area (TPSA) is 47.1 Å². The molecule has 0 aliphatic rings. The monoisotopic (exact) mass is 704 g/mol. The number of aromatic nitrogens is 3. The third-order valence-corrected chi connectivity index (χ3v) is 10.6. The molecular formula is C50H32N4O. The summed E-state index contributed by atoms with van der Waals surface area (Å²) in [6.07, 6.45) is 0. The standard InChI is InChI=1S/C50H32N4O/c1-4-12-33(13-5-1)37-28-38(34-14-6-2-7-15-34)30-42(29-37)53(41-25-26-44-43-18-10-11-19-47(43)55-48(44)32-41)40-24-22-35-20-21-36-23-27-46-50(49(36)45(35)31-40)52-54(51-46)39-16-8-3-9-17-39/h1-32H. The maximum Gasteiger partial charge on any atom is 0.137 e. The van der Waals surface area contributed by atoms with E-state index in [9.17, 15) is 0 Å². The zero-order chi connectivity index (χ0) is 36.3. The quantitative estimate of drug-likeness (QED) is 0.162. The van der Waals surface area contributed by atoms with Crippen LogP contribution in [-0.2, 0) is 0 Å². The molecule has 5 heteroatoms. The van der Waals surface area contributed by atoms with Crippen molar-refractivity contribution in [2.45, 2.75) is 0 Å². The van der Waals surface area contributed by atoms with Crippen molar-refractivity contribution in [3.8, 4) is 27.9 Å². The molecule has 258 valence electrons. The summed E-state index contributed by atoms with van der Waals surface area (Å²) in [5, 5.41) is 16.6. The molecule has 0 fully saturated rings. The van der Waals surface area contributed by atoms with E-state index in [0.29, 0.717) is 0 Å². The second-order valence-electron chi connectivity index (χ2n) is 13.9.